The number of amides is 1. The molecule has 2 saturated heterocycles. The molecule has 2 aliphatic heterocycles. The van der Waals surface area contributed by atoms with E-state index in [0.29, 0.717) is 19.8 Å². The van der Waals surface area contributed by atoms with E-state index in [9.17, 15) is 23.1 Å². The van der Waals surface area contributed by atoms with Gasteiger partial charge in [0.1, 0.15) is 6.42 Å². The number of rotatable bonds is 4. The van der Waals surface area contributed by atoms with Crippen molar-refractivity contribution < 1.29 is 27.8 Å². The number of hydrogen-bond acceptors (Lipinski definition) is 4. The van der Waals surface area contributed by atoms with Crippen LogP contribution in [0.4, 0.5) is 13.2 Å². The Kier molecular flexibility index (Phi) is 5.45. The van der Waals surface area contributed by atoms with Gasteiger partial charge in [-0.25, -0.2) is 0 Å². The lowest BCUT2D eigenvalue weighted by atomic mass is 9.96. The van der Waals surface area contributed by atoms with Crippen molar-refractivity contribution in [2.24, 2.45) is 11.8 Å². The van der Waals surface area contributed by atoms with Crippen LogP contribution in [0, 0.1) is 11.8 Å². The van der Waals surface area contributed by atoms with Gasteiger partial charge in [0.2, 0.25) is 5.91 Å². The Labute approximate surface area is 121 Å². The SMILES string of the molecule is O=C(CC(F)(F)F)N1C[C@@H](CO)[C@@H](CN2CCOCC2)C1. The van der Waals surface area contributed by atoms with Gasteiger partial charge in [0.15, 0.2) is 0 Å². The number of halogens is 3. The summed E-state index contributed by atoms with van der Waals surface area (Å²) in [6.45, 7) is 3.93. The van der Waals surface area contributed by atoms with Crippen molar-refractivity contribution in [1.29, 1.82) is 0 Å². The average Bonchev–Trinajstić information content (AvgIpc) is 2.81. The van der Waals surface area contributed by atoms with Gasteiger partial charge in [-0.3, -0.25) is 9.69 Å². The molecule has 2 fully saturated rings. The summed E-state index contributed by atoms with van der Waals surface area (Å²) in [5, 5.41) is 9.39. The Bertz CT molecular complexity index is 359. The highest BCUT2D eigenvalue weighted by molar-refractivity contribution is 5.77. The molecule has 0 unspecified atom stereocenters. The van der Waals surface area contributed by atoms with Gasteiger partial charge in [-0.1, -0.05) is 0 Å². The molecule has 21 heavy (non-hydrogen) atoms. The molecule has 1 amide bonds. The van der Waals surface area contributed by atoms with E-state index in [1.165, 1.54) is 4.90 Å². The van der Waals surface area contributed by atoms with Crippen LogP contribution in [-0.2, 0) is 9.53 Å². The van der Waals surface area contributed by atoms with Gasteiger partial charge >= 0.3 is 6.18 Å². The Balaban J connectivity index is 1.88. The van der Waals surface area contributed by atoms with E-state index in [4.69, 9.17) is 4.74 Å². The lowest BCUT2D eigenvalue weighted by Crippen LogP contribution is -2.41. The van der Waals surface area contributed by atoms with E-state index >= 15 is 0 Å². The van der Waals surface area contributed by atoms with Crippen molar-refractivity contribution in [1.82, 2.24) is 9.80 Å². The quantitative estimate of drug-likeness (QED) is 0.813. The number of carbonyl (C=O) groups excluding carboxylic acids is 1. The minimum Gasteiger partial charge on any atom is -0.396 e. The predicted octanol–water partition coefficient (Wildman–Crippen LogP) is 0.338. The maximum atomic E-state index is 12.3. The molecule has 8 heteroatoms. The van der Waals surface area contributed by atoms with E-state index in [1.54, 1.807) is 0 Å². The molecule has 5 nitrogen and oxygen atoms in total. The Morgan fingerprint density at radius 2 is 1.81 bits per heavy atom. The molecule has 0 radical (unpaired) electrons. The fourth-order valence-corrected chi connectivity index (χ4v) is 2.95. The van der Waals surface area contributed by atoms with Gasteiger partial charge < -0.3 is 14.7 Å². The van der Waals surface area contributed by atoms with Crippen molar-refractivity contribution in [3.8, 4) is 0 Å². The van der Waals surface area contributed by atoms with E-state index in [2.05, 4.69) is 4.90 Å². The first-order valence-electron chi connectivity index (χ1n) is 7.14. The van der Waals surface area contributed by atoms with Crippen LogP contribution in [0.2, 0.25) is 0 Å². The number of aliphatic hydroxyl groups is 1. The molecule has 0 saturated carbocycles. The molecule has 0 spiro atoms. The zero-order valence-corrected chi connectivity index (χ0v) is 11.8. The molecule has 0 aliphatic carbocycles. The number of morpholine rings is 1. The van der Waals surface area contributed by atoms with Gasteiger partial charge in [0.25, 0.3) is 0 Å². The van der Waals surface area contributed by atoms with Crippen molar-refractivity contribution in [2.75, 3.05) is 52.5 Å². The fraction of sp³-hybridized carbons (Fsp3) is 0.923. The predicted molar refractivity (Wildman–Crippen MR) is 68.6 cm³/mol. The molecule has 2 aliphatic rings. The first-order valence-corrected chi connectivity index (χ1v) is 7.14. The molecule has 2 rings (SSSR count). The van der Waals surface area contributed by atoms with E-state index in [0.717, 1.165) is 13.1 Å². The van der Waals surface area contributed by atoms with Crippen molar-refractivity contribution in [2.45, 2.75) is 12.6 Å². The van der Waals surface area contributed by atoms with Gasteiger partial charge in [0, 0.05) is 45.2 Å². The van der Waals surface area contributed by atoms with Crippen LogP contribution in [0.15, 0.2) is 0 Å². The molecule has 122 valence electrons. The second-order valence-electron chi connectivity index (χ2n) is 5.71. The first kappa shape index (κ1) is 16.5. The van der Waals surface area contributed by atoms with Crippen molar-refractivity contribution >= 4 is 5.91 Å². The Morgan fingerprint density at radius 3 is 2.38 bits per heavy atom. The standard InChI is InChI=1S/C13H21F3N2O3/c14-13(15,16)5-12(20)18-7-10(11(8-18)9-19)6-17-1-3-21-4-2-17/h10-11,19H,1-9H2/t10-,11-/m0/s1. The number of nitrogens with zero attached hydrogens (tertiary/aromatic N) is 2. The third kappa shape index (κ3) is 4.82. The zero-order valence-electron chi connectivity index (χ0n) is 11.8. The minimum absolute atomic E-state index is 0.0188. The minimum atomic E-state index is -4.48. The van der Waals surface area contributed by atoms with Crippen LogP contribution in [0.1, 0.15) is 6.42 Å². The van der Waals surface area contributed by atoms with E-state index < -0.39 is 18.5 Å². The van der Waals surface area contributed by atoms with Crippen LogP contribution in [0.25, 0.3) is 0 Å². The number of alkyl halides is 3. The Hall–Kier alpha value is -0.860. The maximum Gasteiger partial charge on any atom is 0.397 e. The van der Waals surface area contributed by atoms with Crippen LogP contribution in [-0.4, -0.2) is 79.5 Å². The molecular weight excluding hydrogens is 289 g/mol. The third-order valence-corrected chi connectivity index (χ3v) is 4.11. The summed E-state index contributed by atoms with van der Waals surface area (Å²) in [5.74, 6) is -1.03. The average molecular weight is 310 g/mol. The first-order chi connectivity index (χ1) is 9.89. The molecule has 0 aromatic heterocycles. The van der Waals surface area contributed by atoms with Gasteiger partial charge in [-0.2, -0.15) is 13.2 Å². The topological polar surface area (TPSA) is 53.0 Å². The number of hydrogen-bond donors (Lipinski definition) is 1. The summed E-state index contributed by atoms with van der Waals surface area (Å²) in [4.78, 5) is 15.1. The number of aliphatic hydroxyl groups excluding tert-OH is 1. The molecule has 2 heterocycles. The zero-order chi connectivity index (χ0) is 15.5. The lowest BCUT2D eigenvalue weighted by molar-refractivity contribution is -0.160. The summed E-state index contributed by atoms with van der Waals surface area (Å²) in [6, 6.07) is 0. The molecule has 0 aromatic rings. The fourth-order valence-electron chi connectivity index (χ4n) is 2.95. The monoisotopic (exact) mass is 310 g/mol. The highest BCUT2D eigenvalue weighted by Crippen LogP contribution is 2.28. The van der Waals surface area contributed by atoms with Crippen LogP contribution >= 0.6 is 0 Å². The molecular formula is C13H21F3N2O3. The van der Waals surface area contributed by atoms with Crippen molar-refractivity contribution in [3.63, 3.8) is 0 Å². The largest absolute Gasteiger partial charge is 0.397 e. The van der Waals surface area contributed by atoms with E-state index in [1.807, 2.05) is 0 Å². The smallest absolute Gasteiger partial charge is 0.396 e. The summed E-state index contributed by atoms with van der Waals surface area (Å²) < 4.78 is 42.1. The maximum absolute atomic E-state index is 12.3. The molecule has 0 bridgehead atoms. The number of carbonyl (C=O) groups is 1. The molecule has 2 atom stereocenters. The van der Waals surface area contributed by atoms with Crippen LogP contribution < -0.4 is 0 Å². The summed E-state index contributed by atoms with van der Waals surface area (Å²) >= 11 is 0. The highest BCUT2D eigenvalue weighted by atomic mass is 19.4. The number of ether oxygens (including phenoxy) is 1. The van der Waals surface area contributed by atoms with Gasteiger partial charge in [0.05, 0.1) is 13.2 Å². The normalized spacial score (nSPS) is 28.1. The molecule has 1 N–H and O–H groups in total. The lowest BCUT2D eigenvalue weighted by Gasteiger charge is -2.30. The Morgan fingerprint density at radius 1 is 1.19 bits per heavy atom. The van der Waals surface area contributed by atoms with Crippen LogP contribution in [0.3, 0.4) is 0 Å². The third-order valence-electron chi connectivity index (χ3n) is 4.11. The van der Waals surface area contributed by atoms with Gasteiger partial charge in [-0.05, 0) is 5.92 Å². The van der Waals surface area contributed by atoms with Crippen LogP contribution in [0.5, 0.6) is 0 Å². The second kappa shape index (κ2) is 6.93. The van der Waals surface area contributed by atoms with E-state index in [-0.39, 0.29) is 31.5 Å². The van der Waals surface area contributed by atoms with Gasteiger partial charge in [-0.15, -0.1) is 0 Å². The summed E-state index contributed by atoms with van der Waals surface area (Å²) in [6.07, 6.45) is -5.90. The highest BCUT2D eigenvalue weighted by Gasteiger charge is 2.40. The number of likely N-dealkylation sites (tertiary alicyclic amines) is 1. The summed E-state index contributed by atoms with van der Waals surface area (Å²) in [7, 11) is 0. The second-order valence-corrected chi connectivity index (χ2v) is 5.71. The van der Waals surface area contributed by atoms with Crippen molar-refractivity contribution in [3.05, 3.63) is 0 Å². The summed E-state index contributed by atoms with van der Waals surface area (Å²) in [5.41, 5.74) is 0. The molecule has 0 aromatic carbocycles.